The van der Waals surface area contributed by atoms with Gasteiger partial charge in [0.1, 0.15) is 31.2 Å². The number of aryl methyl sites for hydroxylation is 1. The van der Waals surface area contributed by atoms with Gasteiger partial charge < -0.3 is 23.7 Å². The van der Waals surface area contributed by atoms with Gasteiger partial charge in [-0.25, -0.2) is 0 Å². The van der Waals surface area contributed by atoms with Gasteiger partial charge in [-0.2, -0.15) is 0 Å². The van der Waals surface area contributed by atoms with Crippen molar-refractivity contribution in [1.29, 1.82) is 0 Å². The van der Waals surface area contributed by atoms with Crippen molar-refractivity contribution in [2.24, 2.45) is 0 Å². The van der Waals surface area contributed by atoms with Gasteiger partial charge in [0.15, 0.2) is 5.79 Å². The van der Waals surface area contributed by atoms with Gasteiger partial charge in [0, 0.05) is 6.42 Å². The van der Waals surface area contributed by atoms with Crippen molar-refractivity contribution in [2.45, 2.75) is 44.7 Å². The van der Waals surface area contributed by atoms with Crippen molar-refractivity contribution in [1.82, 2.24) is 0 Å². The molecule has 2 atom stereocenters. The van der Waals surface area contributed by atoms with E-state index in [4.69, 9.17) is 23.7 Å². The number of benzene rings is 1. The van der Waals surface area contributed by atoms with E-state index in [9.17, 15) is 4.79 Å². The van der Waals surface area contributed by atoms with Gasteiger partial charge in [-0.05, 0) is 38.0 Å². The van der Waals surface area contributed by atoms with E-state index >= 15 is 0 Å². The van der Waals surface area contributed by atoms with Gasteiger partial charge >= 0.3 is 5.97 Å². The van der Waals surface area contributed by atoms with Gasteiger partial charge in [-0.1, -0.05) is 12.1 Å². The van der Waals surface area contributed by atoms with E-state index in [-0.39, 0.29) is 24.8 Å². The molecule has 0 spiro atoms. The highest BCUT2D eigenvalue weighted by Crippen LogP contribution is 2.22. The first kappa shape index (κ1) is 17.2. The Morgan fingerprint density at radius 1 is 1.17 bits per heavy atom. The Balaban J connectivity index is 1.33. The van der Waals surface area contributed by atoms with Crippen molar-refractivity contribution < 1.29 is 28.5 Å². The summed E-state index contributed by atoms with van der Waals surface area (Å²) in [6, 6.07) is 7.75. The molecule has 0 bridgehead atoms. The maximum Gasteiger partial charge on any atom is 0.306 e. The maximum absolute atomic E-state index is 11.8. The number of hydrogen-bond acceptors (Lipinski definition) is 6. The number of esters is 1. The van der Waals surface area contributed by atoms with Gasteiger partial charge in [0.25, 0.3) is 0 Å². The second kappa shape index (κ2) is 7.51. The van der Waals surface area contributed by atoms with E-state index in [2.05, 4.69) is 0 Å². The molecule has 6 nitrogen and oxygen atoms in total. The lowest BCUT2D eigenvalue weighted by Gasteiger charge is -2.17. The number of carbonyl (C=O) groups is 1. The molecule has 2 saturated heterocycles. The normalized spacial score (nSPS) is 24.6. The number of ether oxygens (including phenoxy) is 5. The summed E-state index contributed by atoms with van der Waals surface area (Å²) in [5.41, 5.74) is 1.07. The van der Waals surface area contributed by atoms with Gasteiger partial charge in [-0.3, -0.25) is 4.79 Å². The number of carbonyl (C=O) groups excluding carboxylic acids is 1. The molecule has 6 heteroatoms. The van der Waals surface area contributed by atoms with Crippen LogP contribution in [0.3, 0.4) is 0 Å². The third kappa shape index (κ3) is 5.47. The van der Waals surface area contributed by atoms with Crippen LogP contribution < -0.4 is 4.74 Å². The quantitative estimate of drug-likeness (QED) is 0.535. The molecule has 2 fully saturated rings. The average Bonchev–Trinajstić information content (AvgIpc) is 3.32. The van der Waals surface area contributed by atoms with Crippen molar-refractivity contribution in [3.05, 3.63) is 29.8 Å². The third-order valence-corrected chi connectivity index (χ3v) is 3.88. The van der Waals surface area contributed by atoms with Crippen LogP contribution in [-0.4, -0.2) is 50.4 Å². The average molecular weight is 336 g/mol. The van der Waals surface area contributed by atoms with E-state index in [1.807, 2.05) is 38.1 Å². The number of epoxide rings is 1. The van der Waals surface area contributed by atoms with Crippen LogP contribution in [0.5, 0.6) is 5.75 Å². The van der Waals surface area contributed by atoms with E-state index in [0.29, 0.717) is 26.1 Å². The van der Waals surface area contributed by atoms with Crippen LogP contribution in [0.1, 0.15) is 25.8 Å². The standard InChI is InChI=1S/C18H24O6/c1-18(2)23-12-16(24-18)11-22-17(19)8-5-13-3-6-14(7-4-13)20-9-15-10-21-15/h3-4,6-7,15-16H,5,8-12H2,1-2H3/t15-,16+/m1/s1. The van der Waals surface area contributed by atoms with Crippen LogP contribution in [0.4, 0.5) is 0 Å². The summed E-state index contributed by atoms with van der Waals surface area (Å²) in [5, 5.41) is 0. The molecule has 132 valence electrons. The molecule has 0 amide bonds. The van der Waals surface area contributed by atoms with Crippen LogP contribution in [0.25, 0.3) is 0 Å². The fourth-order valence-electron chi connectivity index (χ4n) is 2.46. The summed E-state index contributed by atoms with van der Waals surface area (Å²) in [4.78, 5) is 11.8. The predicted molar refractivity (Wildman–Crippen MR) is 85.9 cm³/mol. The topological polar surface area (TPSA) is 66.5 Å². The smallest absolute Gasteiger partial charge is 0.306 e. The summed E-state index contributed by atoms with van der Waals surface area (Å²) < 4.78 is 27.0. The first-order valence-electron chi connectivity index (χ1n) is 8.31. The SMILES string of the molecule is CC1(C)OC[C@H](COC(=O)CCc2ccc(OC[C@@H]3CO3)cc2)O1. The van der Waals surface area contributed by atoms with Gasteiger partial charge in [-0.15, -0.1) is 0 Å². The van der Waals surface area contributed by atoms with Crippen molar-refractivity contribution in [3.63, 3.8) is 0 Å². The lowest BCUT2D eigenvalue weighted by Crippen LogP contribution is -2.25. The van der Waals surface area contributed by atoms with E-state index in [1.54, 1.807) is 0 Å². The molecule has 2 aliphatic heterocycles. The minimum atomic E-state index is -0.591. The Kier molecular flexibility index (Phi) is 5.38. The zero-order valence-electron chi connectivity index (χ0n) is 14.2. The molecule has 0 radical (unpaired) electrons. The molecule has 0 N–H and O–H groups in total. The summed E-state index contributed by atoms with van der Waals surface area (Å²) in [6.45, 7) is 5.76. The Bertz CT molecular complexity index is 549. The molecule has 2 heterocycles. The number of rotatable bonds is 8. The minimum Gasteiger partial charge on any atom is -0.491 e. The Morgan fingerprint density at radius 2 is 1.92 bits per heavy atom. The molecule has 0 saturated carbocycles. The van der Waals surface area contributed by atoms with Crippen molar-refractivity contribution in [3.8, 4) is 5.75 Å². The summed E-state index contributed by atoms with van der Waals surface area (Å²) in [5.74, 6) is -0.000623. The molecule has 0 aliphatic carbocycles. The minimum absolute atomic E-state index is 0.184. The lowest BCUT2D eigenvalue weighted by molar-refractivity contribution is -0.158. The largest absolute Gasteiger partial charge is 0.491 e. The third-order valence-electron chi connectivity index (χ3n) is 3.88. The first-order chi connectivity index (χ1) is 11.5. The molecule has 1 aromatic carbocycles. The summed E-state index contributed by atoms with van der Waals surface area (Å²) >= 11 is 0. The zero-order chi connectivity index (χ0) is 17.0. The van der Waals surface area contributed by atoms with Gasteiger partial charge in [0.05, 0.1) is 13.2 Å². The van der Waals surface area contributed by atoms with E-state index < -0.39 is 5.79 Å². The highest BCUT2D eigenvalue weighted by molar-refractivity contribution is 5.69. The van der Waals surface area contributed by atoms with Crippen molar-refractivity contribution in [2.75, 3.05) is 26.4 Å². The molecular formula is C18H24O6. The zero-order valence-corrected chi connectivity index (χ0v) is 14.2. The van der Waals surface area contributed by atoms with Crippen LogP contribution in [0, 0.1) is 0 Å². The Labute approximate surface area is 142 Å². The van der Waals surface area contributed by atoms with Crippen LogP contribution in [0.15, 0.2) is 24.3 Å². The Hall–Kier alpha value is -1.63. The fourth-order valence-corrected chi connectivity index (χ4v) is 2.46. The van der Waals surface area contributed by atoms with E-state index in [1.165, 1.54) is 0 Å². The second-order valence-electron chi connectivity index (χ2n) is 6.54. The molecule has 3 rings (SSSR count). The van der Waals surface area contributed by atoms with E-state index in [0.717, 1.165) is 17.9 Å². The second-order valence-corrected chi connectivity index (χ2v) is 6.54. The van der Waals surface area contributed by atoms with Crippen LogP contribution in [0.2, 0.25) is 0 Å². The predicted octanol–water partition coefficient (Wildman–Crippen LogP) is 2.09. The first-order valence-corrected chi connectivity index (χ1v) is 8.31. The van der Waals surface area contributed by atoms with Crippen molar-refractivity contribution >= 4 is 5.97 Å². The highest BCUT2D eigenvalue weighted by Gasteiger charge is 2.33. The van der Waals surface area contributed by atoms with Gasteiger partial charge in [0.2, 0.25) is 0 Å². The molecular weight excluding hydrogens is 312 g/mol. The van der Waals surface area contributed by atoms with Crippen LogP contribution >= 0.6 is 0 Å². The number of hydrogen-bond donors (Lipinski definition) is 0. The van der Waals surface area contributed by atoms with Crippen LogP contribution in [-0.2, 0) is 30.2 Å². The summed E-state index contributed by atoms with van der Waals surface area (Å²) in [6.07, 6.45) is 1.04. The monoisotopic (exact) mass is 336 g/mol. The molecule has 0 aromatic heterocycles. The fraction of sp³-hybridized carbons (Fsp3) is 0.611. The highest BCUT2D eigenvalue weighted by atomic mass is 16.7. The molecule has 2 aliphatic rings. The lowest BCUT2D eigenvalue weighted by atomic mass is 10.1. The summed E-state index contributed by atoms with van der Waals surface area (Å²) in [7, 11) is 0. The molecule has 24 heavy (non-hydrogen) atoms. The maximum atomic E-state index is 11.8. The molecule has 0 unspecified atom stereocenters. The Morgan fingerprint density at radius 3 is 2.54 bits per heavy atom. The molecule has 1 aromatic rings.